The van der Waals surface area contributed by atoms with E-state index in [4.69, 9.17) is 9.97 Å². The minimum Gasteiger partial charge on any atom is -0.356 e. The zero-order valence-corrected chi connectivity index (χ0v) is 14.3. The highest BCUT2D eigenvalue weighted by atomic mass is 35.5. The lowest BCUT2D eigenvalue weighted by Crippen LogP contribution is -2.35. The van der Waals surface area contributed by atoms with Crippen LogP contribution in [0.2, 0.25) is 0 Å². The summed E-state index contributed by atoms with van der Waals surface area (Å²) in [5.41, 5.74) is 1.55. The molecule has 0 amide bonds. The highest BCUT2D eigenvalue weighted by molar-refractivity contribution is 7.19. The Labute approximate surface area is 136 Å². The second-order valence-corrected chi connectivity index (χ2v) is 7.41. The summed E-state index contributed by atoms with van der Waals surface area (Å²) >= 11 is 1.90. The molecule has 0 N–H and O–H groups in total. The van der Waals surface area contributed by atoms with Crippen LogP contribution in [0.1, 0.15) is 42.5 Å². The summed E-state index contributed by atoms with van der Waals surface area (Å²) in [7, 11) is 0. The van der Waals surface area contributed by atoms with Gasteiger partial charge in [0.15, 0.2) is 0 Å². The normalized spacial score (nSPS) is 21.4. The molecule has 1 atom stereocenters. The van der Waals surface area contributed by atoms with E-state index in [1.165, 1.54) is 48.1 Å². The molecule has 1 aliphatic heterocycles. The van der Waals surface area contributed by atoms with Crippen molar-refractivity contribution in [3.63, 3.8) is 0 Å². The Kier molecular flexibility index (Phi) is 4.10. The molecular weight excluding hydrogens is 302 g/mol. The minimum atomic E-state index is 0. The highest BCUT2D eigenvalue weighted by Crippen LogP contribution is 2.41. The zero-order valence-electron chi connectivity index (χ0n) is 12.7. The number of aromatic nitrogens is 2. The Balaban J connectivity index is 0.00000132. The predicted molar refractivity (Wildman–Crippen MR) is 92.0 cm³/mol. The lowest BCUT2D eigenvalue weighted by atomic mass is 10.00. The van der Waals surface area contributed by atoms with Gasteiger partial charge in [-0.2, -0.15) is 0 Å². The molecule has 114 valence electrons. The molecule has 3 nitrogen and oxygen atoms in total. The first-order chi connectivity index (χ1) is 9.72. The van der Waals surface area contributed by atoms with Gasteiger partial charge in [0, 0.05) is 18.0 Å². The average Bonchev–Trinajstić information content (AvgIpc) is 2.97. The van der Waals surface area contributed by atoms with Gasteiger partial charge in [0.2, 0.25) is 0 Å². The van der Waals surface area contributed by atoms with Gasteiger partial charge in [-0.1, -0.05) is 6.92 Å². The highest BCUT2D eigenvalue weighted by Gasteiger charge is 2.26. The third-order valence-electron chi connectivity index (χ3n) is 4.61. The number of hydrogen-bond donors (Lipinski definition) is 0. The molecule has 0 radical (unpaired) electrons. The summed E-state index contributed by atoms with van der Waals surface area (Å²) in [4.78, 5) is 14.8. The quantitative estimate of drug-likeness (QED) is 0.789. The molecule has 2 aromatic rings. The van der Waals surface area contributed by atoms with Crippen LogP contribution in [0.25, 0.3) is 10.2 Å². The Morgan fingerprint density at radius 3 is 2.86 bits per heavy atom. The van der Waals surface area contributed by atoms with Gasteiger partial charge in [0.1, 0.15) is 16.5 Å². The number of halogens is 1. The van der Waals surface area contributed by atoms with E-state index in [-0.39, 0.29) is 12.4 Å². The Hall–Kier alpha value is -0.870. The van der Waals surface area contributed by atoms with Gasteiger partial charge in [-0.15, -0.1) is 23.7 Å². The molecule has 21 heavy (non-hydrogen) atoms. The van der Waals surface area contributed by atoms with E-state index in [9.17, 15) is 0 Å². The molecule has 0 spiro atoms. The van der Waals surface area contributed by atoms with Crippen molar-refractivity contribution in [2.45, 2.75) is 46.0 Å². The molecule has 1 unspecified atom stereocenters. The second-order valence-electron chi connectivity index (χ2n) is 6.33. The van der Waals surface area contributed by atoms with Crippen LogP contribution in [0.4, 0.5) is 5.82 Å². The molecular formula is C16H22ClN3S. The first-order valence-corrected chi connectivity index (χ1v) is 8.58. The molecule has 2 aromatic heterocycles. The maximum Gasteiger partial charge on any atom is 0.141 e. The van der Waals surface area contributed by atoms with E-state index in [0.29, 0.717) is 0 Å². The Bertz CT molecular complexity index is 667. The Morgan fingerprint density at radius 1 is 1.19 bits per heavy atom. The van der Waals surface area contributed by atoms with Crippen molar-refractivity contribution < 1.29 is 0 Å². The van der Waals surface area contributed by atoms with Gasteiger partial charge in [-0.25, -0.2) is 9.97 Å². The van der Waals surface area contributed by atoms with Crippen LogP contribution in [-0.2, 0) is 12.8 Å². The Morgan fingerprint density at radius 2 is 2.05 bits per heavy atom. The first kappa shape index (κ1) is 15.0. The van der Waals surface area contributed by atoms with Crippen molar-refractivity contribution in [3.05, 3.63) is 16.3 Å². The van der Waals surface area contributed by atoms with Gasteiger partial charge in [-0.05, 0) is 50.5 Å². The van der Waals surface area contributed by atoms with E-state index < -0.39 is 0 Å². The van der Waals surface area contributed by atoms with Crippen molar-refractivity contribution in [2.75, 3.05) is 18.0 Å². The molecule has 1 saturated heterocycles. The lowest BCUT2D eigenvalue weighted by molar-refractivity contribution is 0.445. The first-order valence-electron chi connectivity index (χ1n) is 7.76. The van der Waals surface area contributed by atoms with E-state index in [0.717, 1.165) is 24.8 Å². The van der Waals surface area contributed by atoms with Gasteiger partial charge in [0.05, 0.1) is 5.39 Å². The summed E-state index contributed by atoms with van der Waals surface area (Å²) in [6.07, 6.45) is 6.41. The maximum atomic E-state index is 4.83. The molecule has 0 saturated carbocycles. The molecule has 1 aliphatic carbocycles. The fraction of sp³-hybridized carbons (Fsp3) is 0.625. The maximum absolute atomic E-state index is 4.83. The molecule has 0 bridgehead atoms. The van der Waals surface area contributed by atoms with Crippen LogP contribution >= 0.6 is 23.7 Å². The standard InChI is InChI=1S/C16H21N3S.ClH/c1-10-5-4-8-19(9-10)15-14-12-6-3-7-13(12)20-16(14)18-11(2)17-15;/h10H,3-9H2,1-2H3;1H. The number of piperidine rings is 1. The summed E-state index contributed by atoms with van der Waals surface area (Å²) in [5.74, 6) is 2.92. The van der Waals surface area contributed by atoms with Crippen LogP contribution in [-0.4, -0.2) is 23.1 Å². The summed E-state index contributed by atoms with van der Waals surface area (Å²) < 4.78 is 0. The van der Waals surface area contributed by atoms with Gasteiger partial charge < -0.3 is 4.90 Å². The van der Waals surface area contributed by atoms with Crippen molar-refractivity contribution in [3.8, 4) is 0 Å². The average molecular weight is 324 g/mol. The molecule has 2 aliphatic rings. The van der Waals surface area contributed by atoms with E-state index in [1.807, 2.05) is 18.3 Å². The molecule has 4 rings (SSSR count). The number of hydrogen-bond acceptors (Lipinski definition) is 4. The topological polar surface area (TPSA) is 29.0 Å². The third kappa shape index (κ3) is 2.53. The van der Waals surface area contributed by atoms with E-state index in [2.05, 4.69) is 11.8 Å². The molecule has 3 heterocycles. The van der Waals surface area contributed by atoms with Crippen molar-refractivity contribution in [1.82, 2.24) is 9.97 Å². The number of aryl methyl sites for hydroxylation is 3. The minimum absolute atomic E-state index is 0. The fourth-order valence-electron chi connectivity index (χ4n) is 3.69. The van der Waals surface area contributed by atoms with Crippen molar-refractivity contribution >= 4 is 39.8 Å². The smallest absolute Gasteiger partial charge is 0.141 e. The zero-order chi connectivity index (χ0) is 13.7. The molecule has 0 aromatic carbocycles. The SMILES string of the molecule is Cc1nc(N2CCCC(C)C2)c2c3c(sc2n1)CCC3.Cl. The second kappa shape index (κ2) is 5.73. The van der Waals surface area contributed by atoms with Crippen LogP contribution < -0.4 is 4.90 Å². The number of anilines is 1. The van der Waals surface area contributed by atoms with Crippen molar-refractivity contribution in [2.24, 2.45) is 5.92 Å². The lowest BCUT2D eigenvalue weighted by Gasteiger charge is -2.32. The van der Waals surface area contributed by atoms with Gasteiger partial charge in [0.25, 0.3) is 0 Å². The van der Waals surface area contributed by atoms with Crippen LogP contribution in [0.3, 0.4) is 0 Å². The van der Waals surface area contributed by atoms with E-state index in [1.54, 1.807) is 10.4 Å². The number of nitrogens with zero attached hydrogens (tertiary/aromatic N) is 3. The summed E-state index contributed by atoms with van der Waals surface area (Å²) in [5, 5.41) is 1.38. The molecule has 1 fully saturated rings. The van der Waals surface area contributed by atoms with Gasteiger partial charge in [-0.3, -0.25) is 0 Å². The number of thiophene rings is 1. The van der Waals surface area contributed by atoms with Gasteiger partial charge >= 0.3 is 0 Å². The van der Waals surface area contributed by atoms with Crippen LogP contribution in [0, 0.1) is 12.8 Å². The van der Waals surface area contributed by atoms with Crippen molar-refractivity contribution in [1.29, 1.82) is 0 Å². The fourth-order valence-corrected chi connectivity index (χ4v) is 4.99. The molecule has 5 heteroatoms. The summed E-state index contributed by atoms with van der Waals surface area (Å²) in [6, 6.07) is 0. The number of rotatable bonds is 1. The number of fused-ring (bicyclic) bond motifs is 3. The van der Waals surface area contributed by atoms with Crippen LogP contribution in [0.5, 0.6) is 0 Å². The van der Waals surface area contributed by atoms with Crippen LogP contribution in [0.15, 0.2) is 0 Å². The summed E-state index contributed by atoms with van der Waals surface area (Å²) in [6.45, 7) is 6.69. The van der Waals surface area contributed by atoms with E-state index >= 15 is 0 Å². The third-order valence-corrected chi connectivity index (χ3v) is 5.80. The predicted octanol–water partition coefficient (Wildman–Crippen LogP) is 4.15. The monoisotopic (exact) mass is 323 g/mol. The largest absolute Gasteiger partial charge is 0.356 e.